The minimum Gasteiger partial charge on any atom is -0.339 e. The van der Waals surface area contributed by atoms with Crippen molar-refractivity contribution in [1.29, 1.82) is 0 Å². The smallest absolute Gasteiger partial charge is 0.320 e. The van der Waals surface area contributed by atoms with E-state index in [0.717, 1.165) is 28.3 Å². The number of carbonyl (C=O) groups excluding carboxylic acids is 1. The molecule has 1 amide bonds. The number of para-hydroxylation sites is 2. The summed E-state index contributed by atoms with van der Waals surface area (Å²) in [5, 5.41) is 5.70. The molecular weight excluding hydrogens is 503 g/mol. The highest BCUT2D eigenvalue weighted by Crippen LogP contribution is 2.40. The molecule has 0 spiro atoms. The van der Waals surface area contributed by atoms with Crippen LogP contribution >= 0.6 is 0 Å². The van der Waals surface area contributed by atoms with E-state index in [4.69, 9.17) is 5.10 Å². The SMILES string of the molecule is O=C(c1ccc2c(-c3cccc(F)c3)nn(C3CC3)c2c1)N1CCC(c2nc3ccccc3n2C(F)F)CC1. The number of fused-ring (bicyclic) bond motifs is 2. The fraction of sp³-hybridized carbons (Fsp3) is 0.300. The van der Waals surface area contributed by atoms with Crippen molar-refractivity contribution in [3.63, 3.8) is 0 Å². The average molecular weight is 530 g/mol. The minimum atomic E-state index is -2.67. The second kappa shape index (κ2) is 9.25. The molecule has 6 nitrogen and oxygen atoms in total. The molecule has 1 saturated heterocycles. The van der Waals surface area contributed by atoms with Crippen molar-refractivity contribution in [3.05, 3.63) is 83.9 Å². The summed E-state index contributed by atoms with van der Waals surface area (Å²) < 4.78 is 44.8. The summed E-state index contributed by atoms with van der Waals surface area (Å²) in [6, 6.07) is 19.2. The van der Waals surface area contributed by atoms with Gasteiger partial charge < -0.3 is 4.90 Å². The number of nitrogens with zero attached hydrogens (tertiary/aromatic N) is 5. The first-order valence-electron chi connectivity index (χ1n) is 13.3. The summed E-state index contributed by atoms with van der Waals surface area (Å²) in [6.45, 7) is -1.75. The zero-order valence-electron chi connectivity index (χ0n) is 21.1. The van der Waals surface area contributed by atoms with Crippen LogP contribution in [0.5, 0.6) is 0 Å². The molecule has 3 aromatic carbocycles. The Bertz CT molecular complexity index is 1710. The van der Waals surface area contributed by atoms with Crippen molar-refractivity contribution in [2.75, 3.05) is 13.1 Å². The predicted molar refractivity (Wildman–Crippen MR) is 142 cm³/mol. The molecule has 3 heterocycles. The Morgan fingerprint density at radius 1 is 0.897 bits per heavy atom. The zero-order chi connectivity index (χ0) is 26.7. The van der Waals surface area contributed by atoms with Crippen molar-refractivity contribution in [3.8, 4) is 11.3 Å². The average Bonchev–Trinajstić information content (AvgIpc) is 3.61. The van der Waals surface area contributed by atoms with Crippen LogP contribution in [-0.4, -0.2) is 43.2 Å². The summed E-state index contributed by atoms with van der Waals surface area (Å²) in [5.74, 6) is -0.171. The van der Waals surface area contributed by atoms with Gasteiger partial charge in [-0.15, -0.1) is 0 Å². The van der Waals surface area contributed by atoms with Gasteiger partial charge in [-0.25, -0.2) is 9.37 Å². The second-order valence-corrected chi connectivity index (χ2v) is 10.4. The normalized spacial score (nSPS) is 16.6. The van der Waals surface area contributed by atoms with E-state index in [1.165, 1.54) is 12.1 Å². The van der Waals surface area contributed by atoms with E-state index in [2.05, 4.69) is 4.98 Å². The van der Waals surface area contributed by atoms with Crippen molar-refractivity contribution in [2.24, 2.45) is 0 Å². The molecule has 0 N–H and O–H groups in total. The number of alkyl halides is 2. The van der Waals surface area contributed by atoms with Gasteiger partial charge in [0.15, 0.2) is 0 Å². The fourth-order valence-electron chi connectivity index (χ4n) is 5.80. The third-order valence-electron chi connectivity index (χ3n) is 7.91. The summed E-state index contributed by atoms with van der Waals surface area (Å²) >= 11 is 0. The van der Waals surface area contributed by atoms with E-state index in [-0.39, 0.29) is 23.7 Å². The van der Waals surface area contributed by atoms with Gasteiger partial charge in [0.1, 0.15) is 17.3 Å². The highest BCUT2D eigenvalue weighted by atomic mass is 19.3. The van der Waals surface area contributed by atoms with Gasteiger partial charge in [0.25, 0.3) is 5.91 Å². The molecule has 0 atom stereocenters. The maximum atomic E-state index is 14.0. The monoisotopic (exact) mass is 529 g/mol. The van der Waals surface area contributed by atoms with Crippen LogP contribution in [-0.2, 0) is 0 Å². The number of carbonyl (C=O) groups is 1. The molecule has 2 fully saturated rings. The Balaban J connectivity index is 1.15. The van der Waals surface area contributed by atoms with E-state index in [1.54, 1.807) is 41.3 Å². The van der Waals surface area contributed by atoms with Crippen LogP contribution in [0.2, 0.25) is 0 Å². The van der Waals surface area contributed by atoms with Crippen molar-refractivity contribution in [1.82, 2.24) is 24.2 Å². The maximum absolute atomic E-state index is 14.0. The highest BCUT2D eigenvalue weighted by Gasteiger charge is 2.31. The van der Waals surface area contributed by atoms with E-state index in [9.17, 15) is 18.0 Å². The first-order valence-corrected chi connectivity index (χ1v) is 13.3. The van der Waals surface area contributed by atoms with E-state index in [1.807, 2.05) is 22.9 Å². The van der Waals surface area contributed by atoms with Crippen molar-refractivity contribution >= 4 is 27.8 Å². The summed E-state index contributed by atoms with van der Waals surface area (Å²) in [7, 11) is 0. The molecular formula is C30H26F3N5O. The zero-order valence-corrected chi connectivity index (χ0v) is 21.1. The number of aromatic nitrogens is 4. The Hall–Kier alpha value is -4.14. The van der Waals surface area contributed by atoms with Crippen LogP contribution in [0.3, 0.4) is 0 Å². The number of hydrogen-bond donors (Lipinski definition) is 0. The molecule has 0 unspecified atom stereocenters. The first kappa shape index (κ1) is 23.9. The lowest BCUT2D eigenvalue weighted by atomic mass is 9.95. The summed E-state index contributed by atoms with van der Waals surface area (Å²) in [4.78, 5) is 19.8. The standard InChI is InChI=1S/C30H26F3N5O/c31-21-5-3-4-19(16-21)27-23-11-8-20(17-26(23)38(35-27)22-9-10-22)29(39)36-14-12-18(13-15-36)28-34-24-6-1-2-7-25(24)37(28)30(32)33/h1-8,11,16-18,22,30H,9-10,12-15H2. The molecule has 2 aliphatic rings. The van der Waals surface area contributed by atoms with Crippen LogP contribution in [0.1, 0.15) is 60.4 Å². The van der Waals surface area contributed by atoms with Crippen LogP contribution < -0.4 is 0 Å². The highest BCUT2D eigenvalue weighted by molar-refractivity contribution is 6.01. The fourth-order valence-corrected chi connectivity index (χ4v) is 5.80. The maximum Gasteiger partial charge on any atom is 0.320 e. The molecule has 9 heteroatoms. The molecule has 39 heavy (non-hydrogen) atoms. The topological polar surface area (TPSA) is 56.0 Å². The number of imidazole rings is 1. The van der Waals surface area contributed by atoms with Crippen LogP contribution in [0, 0.1) is 5.82 Å². The number of benzene rings is 3. The molecule has 0 radical (unpaired) electrons. The van der Waals surface area contributed by atoms with E-state index < -0.39 is 6.55 Å². The third kappa shape index (κ3) is 4.16. The molecule has 1 aliphatic carbocycles. The van der Waals surface area contributed by atoms with Gasteiger partial charge in [-0.2, -0.15) is 13.9 Å². The number of halogens is 3. The largest absolute Gasteiger partial charge is 0.339 e. The van der Waals surface area contributed by atoms with Crippen LogP contribution in [0.15, 0.2) is 66.7 Å². The van der Waals surface area contributed by atoms with Gasteiger partial charge in [0.05, 0.1) is 22.6 Å². The number of likely N-dealkylation sites (tertiary alicyclic amines) is 1. The van der Waals surface area contributed by atoms with Gasteiger partial charge in [-0.1, -0.05) is 24.3 Å². The Kier molecular flexibility index (Phi) is 5.68. The van der Waals surface area contributed by atoms with Gasteiger partial charge >= 0.3 is 6.55 Å². The van der Waals surface area contributed by atoms with Crippen molar-refractivity contribution < 1.29 is 18.0 Å². The van der Waals surface area contributed by atoms with E-state index >= 15 is 0 Å². The molecule has 198 valence electrons. The second-order valence-electron chi connectivity index (χ2n) is 10.4. The molecule has 1 saturated carbocycles. The summed E-state index contributed by atoms with van der Waals surface area (Å²) in [6.07, 6.45) is 3.17. The quantitative estimate of drug-likeness (QED) is 0.248. The first-order chi connectivity index (χ1) is 19.0. The molecule has 7 rings (SSSR count). The molecule has 1 aliphatic heterocycles. The van der Waals surface area contributed by atoms with Gasteiger partial charge in [-0.3, -0.25) is 14.0 Å². The van der Waals surface area contributed by atoms with E-state index in [0.29, 0.717) is 59.6 Å². The molecule has 2 aromatic heterocycles. The van der Waals surface area contributed by atoms with Gasteiger partial charge in [0.2, 0.25) is 0 Å². The lowest BCUT2D eigenvalue weighted by Gasteiger charge is -2.32. The lowest BCUT2D eigenvalue weighted by molar-refractivity contribution is 0.0634. The van der Waals surface area contributed by atoms with Gasteiger partial charge in [0, 0.05) is 35.5 Å². The predicted octanol–water partition coefficient (Wildman–Crippen LogP) is 6.94. The Morgan fingerprint density at radius 3 is 2.44 bits per heavy atom. The van der Waals surface area contributed by atoms with Crippen molar-refractivity contribution in [2.45, 2.75) is 44.2 Å². The van der Waals surface area contributed by atoms with Gasteiger partial charge in [-0.05, 0) is 68.1 Å². The number of hydrogen-bond acceptors (Lipinski definition) is 3. The summed E-state index contributed by atoms with van der Waals surface area (Å²) in [5.41, 5.74) is 3.83. The molecule has 5 aromatic rings. The number of piperidine rings is 1. The van der Waals surface area contributed by atoms with Crippen LogP contribution in [0.25, 0.3) is 33.2 Å². The number of rotatable bonds is 5. The molecule has 0 bridgehead atoms. The minimum absolute atomic E-state index is 0.0893. The number of amides is 1. The third-order valence-corrected chi connectivity index (χ3v) is 7.91. The Labute approximate surface area is 222 Å². The van der Waals surface area contributed by atoms with Crippen LogP contribution in [0.4, 0.5) is 13.2 Å². The lowest BCUT2D eigenvalue weighted by Crippen LogP contribution is -2.38. The Morgan fingerprint density at radius 2 is 1.69 bits per heavy atom.